The van der Waals surface area contributed by atoms with Crippen LogP contribution in [0.15, 0.2) is 35.5 Å². The van der Waals surface area contributed by atoms with Gasteiger partial charge in [-0.1, -0.05) is 0 Å². The zero-order valence-corrected chi connectivity index (χ0v) is 14.2. The van der Waals surface area contributed by atoms with Crippen LogP contribution in [0, 0.1) is 0 Å². The smallest absolute Gasteiger partial charge is 0.221 e. The number of rotatable bonds is 2. The Balaban J connectivity index is 2.05. The van der Waals surface area contributed by atoms with E-state index in [1.54, 1.807) is 25.6 Å². The molecule has 116 valence electrons. The van der Waals surface area contributed by atoms with Gasteiger partial charge in [-0.25, -0.2) is 4.98 Å². The second-order valence-corrected chi connectivity index (χ2v) is 6.23. The van der Waals surface area contributed by atoms with Crippen molar-refractivity contribution in [1.29, 1.82) is 0 Å². The number of halogens is 1. The van der Waals surface area contributed by atoms with Crippen LogP contribution in [0.3, 0.4) is 0 Å². The number of likely N-dealkylation sites (N-methyl/N-ethyl adjacent to an activating group) is 1. The average molecular weight is 364 g/mol. The molecule has 22 heavy (non-hydrogen) atoms. The van der Waals surface area contributed by atoms with Gasteiger partial charge in [0.25, 0.3) is 0 Å². The predicted octanol–water partition coefficient (Wildman–Crippen LogP) is 2.00. The molecule has 3 rings (SSSR count). The molecule has 0 aromatic carbocycles. The summed E-state index contributed by atoms with van der Waals surface area (Å²) in [5, 5.41) is 0. The van der Waals surface area contributed by atoms with Gasteiger partial charge in [0.1, 0.15) is 10.8 Å². The molecule has 7 heteroatoms. The van der Waals surface area contributed by atoms with Gasteiger partial charge in [-0.3, -0.25) is 9.78 Å². The number of nitrogens with zero attached hydrogens (tertiary/aromatic N) is 5. The summed E-state index contributed by atoms with van der Waals surface area (Å²) in [6.45, 7) is 4.01. The van der Waals surface area contributed by atoms with Crippen molar-refractivity contribution >= 4 is 21.8 Å². The van der Waals surface area contributed by atoms with Crippen molar-refractivity contribution in [2.45, 2.75) is 13.1 Å². The van der Waals surface area contributed by atoms with Crippen LogP contribution in [0.2, 0.25) is 0 Å². The predicted molar refractivity (Wildman–Crippen MR) is 87.1 cm³/mol. The first-order valence-corrected chi connectivity index (χ1v) is 7.95. The average Bonchev–Trinajstić information content (AvgIpc) is 2.89. The summed E-state index contributed by atoms with van der Waals surface area (Å²) in [6, 6.07) is 3.89. The fourth-order valence-electron chi connectivity index (χ4n) is 2.84. The highest BCUT2D eigenvalue weighted by Crippen LogP contribution is 2.32. The number of aromatic nitrogens is 3. The molecule has 6 nitrogen and oxygen atoms in total. The lowest BCUT2D eigenvalue weighted by molar-refractivity contribution is -0.136. The van der Waals surface area contributed by atoms with E-state index < -0.39 is 0 Å². The van der Waals surface area contributed by atoms with Crippen molar-refractivity contribution in [3.05, 3.63) is 35.5 Å². The molecular formula is C15H18BrN5O. The molecular weight excluding hydrogens is 346 g/mol. The topological polar surface area (TPSA) is 54.3 Å². The second-order valence-electron chi connectivity index (χ2n) is 5.48. The maximum Gasteiger partial charge on any atom is 0.221 e. The normalized spacial score (nSPS) is 19.4. The van der Waals surface area contributed by atoms with Crippen LogP contribution < -0.4 is 0 Å². The maximum atomic E-state index is 12.0. The van der Waals surface area contributed by atoms with Gasteiger partial charge >= 0.3 is 0 Å². The second kappa shape index (κ2) is 6.18. The third kappa shape index (κ3) is 2.78. The maximum absolute atomic E-state index is 12.0. The first-order chi connectivity index (χ1) is 10.6. The first kappa shape index (κ1) is 15.2. The Bertz CT molecular complexity index is 672. The van der Waals surface area contributed by atoms with E-state index in [1.807, 2.05) is 17.0 Å². The van der Waals surface area contributed by atoms with E-state index in [4.69, 9.17) is 0 Å². The van der Waals surface area contributed by atoms with Gasteiger partial charge in [0.05, 0.1) is 12.0 Å². The summed E-state index contributed by atoms with van der Waals surface area (Å²) < 4.78 is 2.84. The minimum atomic E-state index is -0.0572. The van der Waals surface area contributed by atoms with Gasteiger partial charge in [-0.15, -0.1) is 0 Å². The van der Waals surface area contributed by atoms with Crippen LogP contribution >= 0.6 is 15.9 Å². The highest BCUT2D eigenvalue weighted by molar-refractivity contribution is 9.10. The Morgan fingerprint density at radius 1 is 1.32 bits per heavy atom. The largest absolute Gasteiger partial charge is 0.320 e. The van der Waals surface area contributed by atoms with Crippen LogP contribution in [0.1, 0.15) is 13.1 Å². The van der Waals surface area contributed by atoms with Crippen molar-refractivity contribution in [2.75, 3.05) is 26.7 Å². The number of hydrogen-bond acceptors (Lipinski definition) is 4. The van der Waals surface area contributed by atoms with E-state index in [0.29, 0.717) is 0 Å². The third-order valence-corrected chi connectivity index (χ3v) is 4.57. The first-order valence-electron chi connectivity index (χ1n) is 7.16. The van der Waals surface area contributed by atoms with Crippen LogP contribution in [-0.4, -0.2) is 56.9 Å². The van der Waals surface area contributed by atoms with Crippen LogP contribution in [0.5, 0.6) is 0 Å². The summed E-state index contributed by atoms with van der Waals surface area (Å²) in [6.07, 6.45) is 5.25. The molecule has 2 aromatic heterocycles. The van der Waals surface area contributed by atoms with E-state index in [9.17, 15) is 4.79 Å². The van der Waals surface area contributed by atoms with Gasteiger partial charge in [-0.05, 0) is 35.1 Å². The van der Waals surface area contributed by atoms with Crippen molar-refractivity contribution in [3.63, 3.8) is 0 Å². The fraction of sp³-hybridized carbons (Fsp3) is 0.400. The molecule has 1 amide bonds. The van der Waals surface area contributed by atoms with Crippen molar-refractivity contribution in [1.82, 2.24) is 24.3 Å². The molecule has 0 bridgehead atoms. The molecule has 0 N–H and O–H groups in total. The van der Waals surface area contributed by atoms with Gasteiger partial charge < -0.3 is 14.4 Å². The lowest BCUT2D eigenvalue weighted by Crippen LogP contribution is -2.50. The van der Waals surface area contributed by atoms with Crippen molar-refractivity contribution in [2.24, 2.45) is 0 Å². The molecule has 1 unspecified atom stereocenters. The monoisotopic (exact) mass is 363 g/mol. The third-order valence-electron chi connectivity index (χ3n) is 3.99. The molecule has 1 aliphatic rings. The number of imidazole rings is 1. The molecule has 2 aromatic rings. The summed E-state index contributed by atoms with van der Waals surface area (Å²) in [5.74, 6) is 0.0867. The Kier molecular flexibility index (Phi) is 4.26. The minimum Gasteiger partial charge on any atom is -0.320 e. The van der Waals surface area contributed by atoms with E-state index >= 15 is 0 Å². The number of pyridine rings is 1. The van der Waals surface area contributed by atoms with Gasteiger partial charge in [-0.2, -0.15) is 0 Å². The van der Waals surface area contributed by atoms with Gasteiger partial charge in [0.2, 0.25) is 5.91 Å². The molecule has 0 saturated carbocycles. The molecule has 3 heterocycles. The number of amides is 1. The van der Waals surface area contributed by atoms with Crippen LogP contribution in [-0.2, 0) is 4.79 Å². The molecule has 0 spiro atoms. The molecule has 1 aliphatic heterocycles. The summed E-state index contributed by atoms with van der Waals surface area (Å²) >= 11 is 3.52. The fourth-order valence-corrected chi connectivity index (χ4v) is 3.37. The standard InChI is InChI=1S/C15H18BrN5O/c1-11(22)20-8-7-19(2)9-13(20)21-10-18-15(16)14(21)12-3-5-17-6-4-12/h3-6,10,13H,7-9H2,1-2H3. The Hall–Kier alpha value is -1.73. The summed E-state index contributed by atoms with van der Waals surface area (Å²) in [7, 11) is 2.07. The van der Waals surface area contributed by atoms with Crippen molar-refractivity contribution < 1.29 is 4.79 Å². The van der Waals surface area contributed by atoms with E-state index in [2.05, 4.69) is 42.4 Å². The quantitative estimate of drug-likeness (QED) is 0.818. The summed E-state index contributed by atoms with van der Waals surface area (Å²) in [4.78, 5) is 24.6. The van der Waals surface area contributed by atoms with Crippen molar-refractivity contribution in [3.8, 4) is 11.3 Å². The molecule has 0 aliphatic carbocycles. The lowest BCUT2D eigenvalue weighted by Gasteiger charge is -2.40. The molecule has 1 atom stereocenters. The van der Waals surface area contributed by atoms with E-state index in [-0.39, 0.29) is 12.1 Å². The highest BCUT2D eigenvalue weighted by atomic mass is 79.9. The molecule has 1 saturated heterocycles. The lowest BCUT2D eigenvalue weighted by atomic mass is 10.2. The number of carbonyl (C=O) groups excluding carboxylic acids is 1. The number of carbonyl (C=O) groups is 1. The molecule has 0 radical (unpaired) electrons. The highest BCUT2D eigenvalue weighted by Gasteiger charge is 2.30. The van der Waals surface area contributed by atoms with Crippen LogP contribution in [0.4, 0.5) is 0 Å². The molecule has 1 fully saturated rings. The van der Waals surface area contributed by atoms with Crippen LogP contribution in [0.25, 0.3) is 11.3 Å². The zero-order chi connectivity index (χ0) is 15.7. The minimum absolute atomic E-state index is 0.0572. The van der Waals surface area contributed by atoms with Gasteiger partial charge in [0, 0.05) is 44.5 Å². The Morgan fingerprint density at radius 3 is 2.73 bits per heavy atom. The number of hydrogen-bond donors (Lipinski definition) is 0. The Morgan fingerprint density at radius 2 is 2.05 bits per heavy atom. The number of piperazine rings is 1. The summed E-state index contributed by atoms with van der Waals surface area (Å²) in [5.41, 5.74) is 1.99. The zero-order valence-electron chi connectivity index (χ0n) is 12.6. The van der Waals surface area contributed by atoms with Gasteiger partial charge in [0.15, 0.2) is 0 Å². The van der Waals surface area contributed by atoms with E-state index in [0.717, 1.165) is 35.5 Å². The van der Waals surface area contributed by atoms with E-state index in [1.165, 1.54) is 0 Å². The Labute approximate surface area is 137 Å². The SMILES string of the molecule is CC(=O)N1CCN(C)CC1n1cnc(Br)c1-c1ccncc1.